The molecule has 0 N–H and O–H groups in total. The van der Waals surface area contributed by atoms with Crippen LogP contribution in [-0.4, -0.2) is 49.2 Å². The van der Waals surface area contributed by atoms with Crippen LogP contribution in [0.2, 0.25) is 0 Å². The van der Waals surface area contributed by atoms with E-state index in [9.17, 15) is 4.79 Å². The van der Waals surface area contributed by atoms with Crippen molar-refractivity contribution in [3.63, 3.8) is 0 Å². The first-order valence-corrected chi connectivity index (χ1v) is 7.14. The summed E-state index contributed by atoms with van der Waals surface area (Å²) in [5, 5.41) is 4.29. The molecule has 1 fully saturated rings. The minimum absolute atomic E-state index is 0.0714. The molecule has 0 atom stereocenters. The van der Waals surface area contributed by atoms with Crippen LogP contribution in [0.4, 0.5) is 5.69 Å². The summed E-state index contributed by atoms with van der Waals surface area (Å²) in [7, 11) is 1.49. The molecule has 0 aliphatic carbocycles. The Morgan fingerprint density at radius 2 is 2.17 bits per heavy atom. The molecule has 1 aliphatic heterocycles. The van der Waals surface area contributed by atoms with Gasteiger partial charge in [0.05, 0.1) is 31.5 Å². The van der Waals surface area contributed by atoms with E-state index in [2.05, 4.69) is 15.0 Å². The highest BCUT2D eigenvalue weighted by Gasteiger charge is 2.19. The van der Waals surface area contributed by atoms with Gasteiger partial charge < -0.3 is 14.4 Å². The summed E-state index contributed by atoms with van der Waals surface area (Å²) < 4.78 is 10.4. The lowest BCUT2D eigenvalue weighted by molar-refractivity contribution is 0.0303. The van der Waals surface area contributed by atoms with Crippen LogP contribution in [-0.2, 0) is 4.74 Å². The van der Waals surface area contributed by atoms with Crippen molar-refractivity contribution < 1.29 is 14.3 Å². The number of azide groups is 1. The number of rotatable bonds is 3. The zero-order valence-electron chi connectivity index (χ0n) is 12.6. The van der Waals surface area contributed by atoms with Gasteiger partial charge in [-0.3, -0.25) is 4.79 Å². The predicted molar refractivity (Wildman–Crippen MR) is 83.8 cm³/mol. The maximum Gasteiger partial charge on any atom is 0.254 e. The van der Waals surface area contributed by atoms with E-state index < -0.39 is 0 Å². The lowest BCUT2D eigenvalue weighted by atomic mass is 10.1. The van der Waals surface area contributed by atoms with E-state index >= 15 is 0 Å². The first-order valence-electron chi connectivity index (χ1n) is 7.14. The zero-order valence-corrected chi connectivity index (χ0v) is 12.6. The molecule has 0 radical (unpaired) electrons. The number of hydrogen-bond donors (Lipinski definition) is 0. The first kappa shape index (κ1) is 15.1. The molecule has 2 aromatic rings. The summed E-state index contributed by atoms with van der Waals surface area (Å²) in [6.07, 6.45) is 0. The number of hydrogen-bond acceptors (Lipinski definition) is 5. The highest BCUT2D eigenvalue weighted by Crippen LogP contribution is 2.30. The number of ether oxygens (including phenoxy) is 2. The number of carbonyl (C=O) groups excluding carboxylic acids is 1. The van der Waals surface area contributed by atoms with Gasteiger partial charge in [-0.05, 0) is 23.7 Å². The quantitative estimate of drug-likeness (QED) is 0.494. The van der Waals surface area contributed by atoms with Crippen molar-refractivity contribution in [2.75, 3.05) is 33.4 Å². The van der Waals surface area contributed by atoms with Gasteiger partial charge in [0.15, 0.2) is 0 Å². The van der Waals surface area contributed by atoms with E-state index in [1.807, 2.05) is 0 Å². The second-order valence-electron chi connectivity index (χ2n) is 5.01. The van der Waals surface area contributed by atoms with E-state index in [-0.39, 0.29) is 5.91 Å². The summed E-state index contributed by atoms with van der Waals surface area (Å²) in [4.78, 5) is 21.4. The Morgan fingerprint density at radius 1 is 1.39 bits per heavy atom. The second-order valence-corrected chi connectivity index (χ2v) is 5.01. The normalized spacial score (nSPS) is 14.4. The minimum atomic E-state index is -0.0714. The minimum Gasteiger partial charge on any atom is -0.481 e. The maximum absolute atomic E-state index is 12.6. The Labute approximate surface area is 132 Å². The molecule has 3 rings (SSSR count). The van der Waals surface area contributed by atoms with Crippen LogP contribution in [0.15, 0.2) is 29.4 Å². The summed E-state index contributed by atoms with van der Waals surface area (Å²) in [5.74, 6) is 0.282. The topological polar surface area (TPSA) is 100 Å². The standard InChI is InChI=1S/C15H15N5O3/c1-22-14-9-13(18-19-16)11-8-10(2-3-12(11)17-14)15(21)20-4-6-23-7-5-20/h2-3,8-9H,4-7H2,1H3. The molecule has 1 amide bonds. The first-order chi connectivity index (χ1) is 11.2. The van der Waals surface area contributed by atoms with Crippen LogP contribution in [0, 0.1) is 0 Å². The van der Waals surface area contributed by atoms with E-state index in [4.69, 9.17) is 15.0 Å². The molecule has 8 nitrogen and oxygen atoms in total. The molecule has 0 spiro atoms. The van der Waals surface area contributed by atoms with Crippen molar-refractivity contribution in [2.24, 2.45) is 5.11 Å². The van der Waals surface area contributed by atoms with Gasteiger partial charge in [0.1, 0.15) is 0 Å². The smallest absolute Gasteiger partial charge is 0.254 e. The van der Waals surface area contributed by atoms with E-state index in [1.165, 1.54) is 7.11 Å². The molecule has 2 heterocycles. The van der Waals surface area contributed by atoms with Crippen LogP contribution >= 0.6 is 0 Å². The number of benzene rings is 1. The zero-order chi connectivity index (χ0) is 16.2. The average molecular weight is 313 g/mol. The maximum atomic E-state index is 12.6. The number of fused-ring (bicyclic) bond motifs is 1. The van der Waals surface area contributed by atoms with Crippen molar-refractivity contribution in [3.8, 4) is 5.88 Å². The fraction of sp³-hybridized carbons (Fsp3) is 0.333. The SMILES string of the molecule is COc1cc(N=[N+]=[N-])c2cc(C(=O)N3CCOCC3)ccc2n1. The largest absolute Gasteiger partial charge is 0.481 e. The van der Waals surface area contributed by atoms with Gasteiger partial charge in [-0.2, -0.15) is 0 Å². The lowest BCUT2D eigenvalue weighted by Gasteiger charge is -2.27. The fourth-order valence-electron chi connectivity index (χ4n) is 2.50. The van der Waals surface area contributed by atoms with Crippen molar-refractivity contribution in [2.45, 2.75) is 0 Å². The average Bonchev–Trinajstić information content (AvgIpc) is 2.61. The van der Waals surface area contributed by atoms with Crippen molar-refractivity contribution in [3.05, 3.63) is 40.3 Å². The van der Waals surface area contributed by atoms with Gasteiger partial charge in [0.2, 0.25) is 5.88 Å². The molecule has 1 aliphatic rings. The number of amides is 1. The number of morpholine rings is 1. The summed E-state index contributed by atoms with van der Waals surface area (Å²) in [6, 6.07) is 6.68. The third-order valence-electron chi connectivity index (χ3n) is 3.67. The molecule has 0 saturated carbocycles. The van der Waals surface area contributed by atoms with E-state index in [1.54, 1.807) is 29.2 Å². The van der Waals surface area contributed by atoms with Crippen LogP contribution in [0.1, 0.15) is 10.4 Å². The Balaban J connectivity index is 2.04. The lowest BCUT2D eigenvalue weighted by Crippen LogP contribution is -2.40. The second kappa shape index (κ2) is 6.51. The summed E-state index contributed by atoms with van der Waals surface area (Å²) in [5.41, 5.74) is 10.2. The monoisotopic (exact) mass is 313 g/mol. The molecular formula is C15H15N5O3. The van der Waals surface area contributed by atoms with Gasteiger partial charge in [-0.1, -0.05) is 5.11 Å². The molecule has 1 aromatic heterocycles. The molecule has 1 aromatic carbocycles. The molecule has 0 bridgehead atoms. The molecule has 8 heteroatoms. The van der Waals surface area contributed by atoms with Gasteiger partial charge in [-0.25, -0.2) is 4.98 Å². The number of methoxy groups -OCH3 is 1. The molecule has 1 saturated heterocycles. The highest BCUT2D eigenvalue weighted by molar-refractivity contribution is 6.00. The van der Waals surface area contributed by atoms with Gasteiger partial charge in [0.25, 0.3) is 5.91 Å². The third kappa shape index (κ3) is 3.03. The van der Waals surface area contributed by atoms with Gasteiger partial charge >= 0.3 is 0 Å². The Bertz CT molecular complexity index is 795. The molecule has 118 valence electrons. The van der Waals surface area contributed by atoms with Gasteiger partial charge in [0, 0.05) is 35.0 Å². The van der Waals surface area contributed by atoms with Crippen LogP contribution < -0.4 is 4.74 Å². The van der Waals surface area contributed by atoms with Crippen LogP contribution in [0.3, 0.4) is 0 Å². The van der Waals surface area contributed by atoms with Crippen LogP contribution in [0.5, 0.6) is 5.88 Å². The van der Waals surface area contributed by atoms with E-state index in [0.29, 0.717) is 54.3 Å². The Morgan fingerprint density at radius 3 is 2.87 bits per heavy atom. The van der Waals surface area contributed by atoms with Crippen molar-refractivity contribution >= 4 is 22.5 Å². The molecule has 23 heavy (non-hydrogen) atoms. The van der Waals surface area contributed by atoms with Gasteiger partial charge in [-0.15, -0.1) is 0 Å². The summed E-state index contributed by atoms with van der Waals surface area (Å²) in [6.45, 7) is 2.23. The number of pyridine rings is 1. The molecule has 0 unspecified atom stereocenters. The molecular weight excluding hydrogens is 298 g/mol. The third-order valence-corrected chi connectivity index (χ3v) is 3.67. The van der Waals surface area contributed by atoms with Crippen molar-refractivity contribution in [1.82, 2.24) is 9.88 Å². The fourth-order valence-corrected chi connectivity index (χ4v) is 2.50. The highest BCUT2D eigenvalue weighted by atomic mass is 16.5. The van der Waals surface area contributed by atoms with Crippen LogP contribution in [0.25, 0.3) is 21.3 Å². The Kier molecular flexibility index (Phi) is 4.27. The number of aromatic nitrogens is 1. The predicted octanol–water partition coefficient (Wildman–Crippen LogP) is 2.66. The Hall–Kier alpha value is -2.83. The number of nitrogens with zero attached hydrogens (tertiary/aromatic N) is 5. The van der Waals surface area contributed by atoms with Crippen molar-refractivity contribution in [1.29, 1.82) is 0 Å². The number of carbonyl (C=O) groups is 1. The summed E-state index contributed by atoms with van der Waals surface area (Å²) >= 11 is 0. The van der Waals surface area contributed by atoms with E-state index in [0.717, 1.165) is 0 Å².